The Bertz CT molecular complexity index is 665. The van der Waals surface area contributed by atoms with E-state index in [4.69, 9.17) is 9.84 Å². The van der Waals surface area contributed by atoms with Crippen LogP contribution in [0.2, 0.25) is 0 Å². The van der Waals surface area contributed by atoms with Crippen molar-refractivity contribution in [2.75, 3.05) is 13.1 Å². The van der Waals surface area contributed by atoms with Crippen molar-refractivity contribution in [1.29, 1.82) is 0 Å². The molecule has 2 aliphatic rings. The minimum absolute atomic E-state index is 0.198. The first-order valence-electron chi connectivity index (χ1n) is 9.03. The van der Waals surface area contributed by atoms with Crippen molar-refractivity contribution in [2.24, 2.45) is 0 Å². The molecule has 138 valence electrons. The molecule has 25 heavy (non-hydrogen) atoms. The minimum atomic E-state index is -0.414. The first kappa shape index (κ1) is 18.7. The summed E-state index contributed by atoms with van der Waals surface area (Å²) in [5, 5.41) is 4.72. The fourth-order valence-corrected chi connectivity index (χ4v) is 4.44. The summed E-state index contributed by atoms with van der Waals surface area (Å²) in [5.41, 5.74) is 0.601. The normalized spacial score (nSPS) is 21.5. The van der Waals surface area contributed by atoms with E-state index in [0.29, 0.717) is 31.7 Å². The molecule has 1 aliphatic heterocycles. The molecule has 0 bridgehead atoms. The van der Waals surface area contributed by atoms with Crippen LogP contribution in [0, 0.1) is 3.70 Å². The zero-order valence-electron chi connectivity index (χ0n) is 15.1. The molecule has 3 rings (SSSR count). The molecule has 1 amide bonds. The Morgan fingerprint density at radius 3 is 2.76 bits per heavy atom. The number of aromatic nitrogens is 2. The largest absolute Gasteiger partial charge is 0.443 e. The van der Waals surface area contributed by atoms with E-state index in [0.717, 1.165) is 28.7 Å². The van der Waals surface area contributed by atoms with Crippen LogP contribution in [0.15, 0.2) is 6.07 Å². The number of likely N-dealkylation sites (tertiary alicyclic amines) is 1. The molecule has 1 aliphatic carbocycles. The molecule has 7 heteroatoms. The number of rotatable bonds is 5. The predicted octanol–water partition coefficient (Wildman–Crippen LogP) is 3.90. The average Bonchev–Trinajstić information content (AvgIpc) is 3.02. The lowest BCUT2D eigenvalue weighted by molar-refractivity contribution is -0.117. The van der Waals surface area contributed by atoms with Crippen LogP contribution in [0.5, 0.6) is 0 Å². The summed E-state index contributed by atoms with van der Waals surface area (Å²) < 4.78 is 8.67. The van der Waals surface area contributed by atoms with E-state index in [-0.39, 0.29) is 18.1 Å². The van der Waals surface area contributed by atoms with Gasteiger partial charge in [-0.25, -0.2) is 4.79 Å². The summed E-state index contributed by atoms with van der Waals surface area (Å²) in [6, 6.07) is 2.28. The zero-order valence-corrected chi connectivity index (χ0v) is 17.3. The second kappa shape index (κ2) is 7.25. The van der Waals surface area contributed by atoms with Crippen LogP contribution >= 0.6 is 22.6 Å². The Labute approximate surface area is 162 Å². The van der Waals surface area contributed by atoms with Crippen LogP contribution in [0.25, 0.3) is 0 Å². The summed E-state index contributed by atoms with van der Waals surface area (Å²) in [6.45, 7) is 7.30. The van der Waals surface area contributed by atoms with E-state index < -0.39 is 5.60 Å². The highest BCUT2D eigenvalue weighted by Gasteiger charge is 2.37. The summed E-state index contributed by atoms with van der Waals surface area (Å²) in [6.07, 6.45) is 3.75. The van der Waals surface area contributed by atoms with E-state index in [1.807, 2.05) is 18.5 Å². The highest BCUT2D eigenvalue weighted by atomic mass is 127. The standard InChI is InChI=1S/C18H26IN3O3/c1-4-7-18(2,3)25-17(24)21-10-12(11-21)15-9-16(19)22(20-15)13-5-6-14(23)8-13/h9,12-13H,4-8,10-11H2,1-3H3. The number of carbonyl (C=O) groups is 2. The molecule has 1 atom stereocenters. The van der Waals surface area contributed by atoms with Gasteiger partial charge in [0.1, 0.15) is 11.4 Å². The van der Waals surface area contributed by atoms with Gasteiger partial charge in [0.05, 0.1) is 15.4 Å². The maximum absolute atomic E-state index is 12.2. The summed E-state index contributed by atoms with van der Waals surface area (Å²) >= 11 is 2.28. The average molecular weight is 459 g/mol. The number of amides is 1. The van der Waals surface area contributed by atoms with Gasteiger partial charge in [0.25, 0.3) is 0 Å². The van der Waals surface area contributed by atoms with E-state index in [1.54, 1.807) is 4.90 Å². The van der Waals surface area contributed by atoms with Crippen molar-refractivity contribution in [3.8, 4) is 0 Å². The quantitative estimate of drug-likeness (QED) is 0.627. The first-order chi connectivity index (χ1) is 11.8. The molecule has 0 spiro atoms. The molecule has 6 nitrogen and oxygen atoms in total. The third-order valence-electron chi connectivity index (χ3n) is 5.05. The molecular formula is C18H26IN3O3. The van der Waals surface area contributed by atoms with Gasteiger partial charge in [0.15, 0.2) is 0 Å². The Kier molecular flexibility index (Phi) is 5.41. The third kappa shape index (κ3) is 4.17. The predicted molar refractivity (Wildman–Crippen MR) is 103 cm³/mol. The van der Waals surface area contributed by atoms with Crippen molar-refractivity contribution < 1.29 is 14.3 Å². The molecule has 0 N–H and O–H groups in total. The van der Waals surface area contributed by atoms with Crippen molar-refractivity contribution in [1.82, 2.24) is 14.7 Å². The van der Waals surface area contributed by atoms with Crippen LogP contribution in [0.1, 0.15) is 70.5 Å². The lowest BCUT2D eigenvalue weighted by Gasteiger charge is -2.39. The number of hydrogen-bond donors (Lipinski definition) is 0. The van der Waals surface area contributed by atoms with Gasteiger partial charge in [-0.3, -0.25) is 9.48 Å². The molecule has 2 fully saturated rings. The fraction of sp³-hybridized carbons (Fsp3) is 0.722. The number of Topliss-reactive ketones (excluding diaryl/α,β-unsaturated/α-hetero) is 1. The van der Waals surface area contributed by atoms with Crippen LogP contribution < -0.4 is 0 Å². The van der Waals surface area contributed by atoms with Crippen molar-refractivity contribution in [3.05, 3.63) is 15.5 Å². The number of hydrogen-bond acceptors (Lipinski definition) is 4. The van der Waals surface area contributed by atoms with Crippen molar-refractivity contribution in [3.63, 3.8) is 0 Å². The van der Waals surface area contributed by atoms with E-state index in [2.05, 4.69) is 35.6 Å². The summed E-state index contributed by atoms with van der Waals surface area (Å²) in [5.74, 6) is 0.582. The van der Waals surface area contributed by atoms with Crippen molar-refractivity contribution >= 4 is 34.5 Å². The smallest absolute Gasteiger partial charge is 0.410 e. The molecule has 1 aromatic rings. The highest BCUT2D eigenvalue weighted by Crippen LogP contribution is 2.33. The molecule has 1 unspecified atom stereocenters. The van der Waals surface area contributed by atoms with E-state index in [9.17, 15) is 9.59 Å². The maximum atomic E-state index is 12.2. The van der Waals surface area contributed by atoms with Crippen molar-refractivity contribution in [2.45, 2.75) is 70.4 Å². The number of ketones is 1. The van der Waals surface area contributed by atoms with Crippen LogP contribution in [0.4, 0.5) is 4.79 Å². The Morgan fingerprint density at radius 2 is 2.16 bits per heavy atom. The molecule has 1 saturated heterocycles. The van der Waals surface area contributed by atoms with Gasteiger partial charge in [-0.2, -0.15) is 5.10 Å². The fourth-order valence-electron chi connectivity index (χ4n) is 3.62. The number of nitrogens with zero attached hydrogens (tertiary/aromatic N) is 3. The third-order valence-corrected chi connectivity index (χ3v) is 5.85. The monoisotopic (exact) mass is 459 g/mol. The molecule has 2 heterocycles. The Hall–Kier alpha value is -1.12. The molecule has 0 aromatic carbocycles. The number of halogens is 1. The van der Waals surface area contributed by atoms with E-state index in [1.165, 1.54) is 0 Å². The van der Waals surface area contributed by atoms with E-state index >= 15 is 0 Å². The molecule has 0 radical (unpaired) electrons. The second-order valence-corrected chi connectivity index (χ2v) is 8.86. The molecule has 1 saturated carbocycles. The van der Waals surface area contributed by atoms with Gasteiger partial charge in [-0.15, -0.1) is 0 Å². The summed E-state index contributed by atoms with van der Waals surface area (Å²) in [4.78, 5) is 25.5. The zero-order chi connectivity index (χ0) is 18.2. The Morgan fingerprint density at radius 1 is 1.44 bits per heavy atom. The van der Waals surface area contributed by atoms with Gasteiger partial charge in [0.2, 0.25) is 0 Å². The number of ether oxygens (including phenoxy) is 1. The molecular weight excluding hydrogens is 433 g/mol. The van der Waals surface area contributed by atoms with Gasteiger partial charge in [-0.1, -0.05) is 13.3 Å². The van der Waals surface area contributed by atoms with Gasteiger partial charge in [-0.05, 0) is 55.3 Å². The van der Waals surface area contributed by atoms with Gasteiger partial charge >= 0.3 is 6.09 Å². The van der Waals surface area contributed by atoms with Gasteiger partial charge in [0, 0.05) is 31.8 Å². The van der Waals surface area contributed by atoms with Gasteiger partial charge < -0.3 is 9.64 Å². The number of carbonyl (C=O) groups excluding carboxylic acids is 2. The second-order valence-electron chi connectivity index (χ2n) is 7.75. The van der Waals surface area contributed by atoms with Crippen LogP contribution in [-0.2, 0) is 9.53 Å². The first-order valence-corrected chi connectivity index (χ1v) is 10.1. The minimum Gasteiger partial charge on any atom is -0.443 e. The lowest BCUT2D eigenvalue weighted by Crippen LogP contribution is -2.50. The molecule has 1 aromatic heterocycles. The topological polar surface area (TPSA) is 64.4 Å². The van der Waals surface area contributed by atoms with Crippen LogP contribution in [0.3, 0.4) is 0 Å². The summed E-state index contributed by atoms with van der Waals surface area (Å²) in [7, 11) is 0. The Balaban J connectivity index is 1.56. The maximum Gasteiger partial charge on any atom is 0.410 e. The lowest BCUT2D eigenvalue weighted by atomic mass is 9.97. The van der Waals surface area contributed by atoms with Crippen LogP contribution in [-0.4, -0.2) is 45.2 Å². The SMILES string of the molecule is CCCC(C)(C)OC(=O)N1CC(c2cc(I)n(C3CCC(=O)C3)n2)C1. The highest BCUT2D eigenvalue weighted by molar-refractivity contribution is 14.1.